The lowest BCUT2D eigenvalue weighted by molar-refractivity contribution is 0.394. The lowest BCUT2D eigenvalue weighted by Crippen LogP contribution is -2.25. The summed E-state index contributed by atoms with van der Waals surface area (Å²) in [6.07, 6.45) is 1.05. The van der Waals surface area contributed by atoms with Gasteiger partial charge in [-0.15, -0.1) is 24.0 Å². The predicted octanol–water partition coefficient (Wildman–Crippen LogP) is 4.24. The molecule has 0 radical (unpaired) electrons. The summed E-state index contributed by atoms with van der Waals surface area (Å²) in [5.41, 5.74) is 7.91. The van der Waals surface area contributed by atoms with Crippen LogP contribution >= 0.6 is 35.6 Å². The largest absolute Gasteiger partial charge is 0.497 e. The second-order valence-electron chi connectivity index (χ2n) is 6.87. The molecular weight excluding hydrogens is 519 g/mol. The summed E-state index contributed by atoms with van der Waals surface area (Å²) in [5, 5.41) is 3.59. The minimum Gasteiger partial charge on any atom is -0.497 e. The molecule has 1 fully saturated rings. The number of nitrogens with two attached hydrogens (primary N) is 1. The number of nitrogens with zero attached hydrogens (tertiary/aromatic N) is 2. The molecule has 1 saturated heterocycles. The van der Waals surface area contributed by atoms with E-state index in [0.29, 0.717) is 29.2 Å². The minimum absolute atomic E-state index is 0. The molecule has 0 amide bonds. The average molecular weight is 547 g/mol. The van der Waals surface area contributed by atoms with Gasteiger partial charge in [-0.3, -0.25) is 4.99 Å². The number of ether oxygens (including phenoxy) is 3. The second kappa shape index (κ2) is 11.4. The molecule has 1 aliphatic heterocycles. The molecule has 1 atom stereocenters. The first-order valence-corrected chi connectivity index (χ1v) is 9.78. The van der Waals surface area contributed by atoms with Gasteiger partial charge in [0, 0.05) is 49.2 Å². The van der Waals surface area contributed by atoms with Gasteiger partial charge >= 0.3 is 0 Å². The number of anilines is 2. The van der Waals surface area contributed by atoms with Crippen LogP contribution in [0.25, 0.3) is 0 Å². The number of rotatable bonds is 7. The van der Waals surface area contributed by atoms with E-state index in [0.717, 1.165) is 42.4 Å². The number of nitrogens with one attached hydrogen (secondary N) is 1. The van der Waals surface area contributed by atoms with Gasteiger partial charge in [0.1, 0.15) is 17.2 Å². The van der Waals surface area contributed by atoms with E-state index in [-0.39, 0.29) is 24.0 Å². The van der Waals surface area contributed by atoms with Crippen molar-refractivity contribution in [2.24, 2.45) is 16.6 Å². The van der Waals surface area contributed by atoms with Crippen molar-refractivity contribution in [2.75, 3.05) is 51.2 Å². The van der Waals surface area contributed by atoms with Crippen LogP contribution in [0.3, 0.4) is 0 Å². The summed E-state index contributed by atoms with van der Waals surface area (Å²) in [7, 11) is 4.90. The molecule has 0 saturated carbocycles. The van der Waals surface area contributed by atoms with Crippen LogP contribution in [0.2, 0.25) is 5.02 Å². The number of guanidine groups is 1. The maximum Gasteiger partial charge on any atom is 0.193 e. The van der Waals surface area contributed by atoms with Crippen LogP contribution in [-0.2, 0) is 0 Å². The van der Waals surface area contributed by atoms with E-state index >= 15 is 0 Å². The molecule has 9 heteroatoms. The summed E-state index contributed by atoms with van der Waals surface area (Å²) in [5.74, 6) is 2.98. The zero-order valence-electron chi connectivity index (χ0n) is 17.4. The zero-order valence-corrected chi connectivity index (χ0v) is 20.4. The summed E-state index contributed by atoms with van der Waals surface area (Å²) < 4.78 is 15.9. The van der Waals surface area contributed by atoms with E-state index in [2.05, 4.69) is 15.2 Å². The molecule has 0 spiro atoms. The highest BCUT2D eigenvalue weighted by Crippen LogP contribution is 2.32. The fraction of sp³-hybridized carbons (Fsp3) is 0.381. The highest BCUT2D eigenvalue weighted by atomic mass is 127. The van der Waals surface area contributed by atoms with Gasteiger partial charge in [-0.25, -0.2) is 0 Å². The molecular formula is C21H28ClIN4O3. The van der Waals surface area contributed by atoms with Crippen molar-refractivity contribution >= 4 is 52.9 Å². The molecule has 3 rings (SSSR count). The second-order valence-corrected chi connectivity index (χ2v) is 7.28. The van der Waals surface area contributed by atoms with Crippen molar-refractivity contribution < 1.29 is 14.2 Å². The van der Waals surface area contributed by atoms with Crippen LogP contribution in [0.15, 0.2) is 41.4 Å². The van der Waals surface area contributed by atoms with E-state index in [1.807, 2.05) is 24.3 Å². The Morgan fingerprint density at radius 3 is 2.43 bits per heavy atom. The summed E-state index contributed by atoms with van der Waals surface area (Å²) in [4.78, 5) is 6.82. The normalized spacial score (nSPS) is 16.1. The van der Waals surface area contributed by atoms with Crippen LogP contribution in [-0.4, -0.2) is 46.9 Å². The number of hydrogen-bond acceptors (Lipinski definition) is 5. The van der Waals surface area contributed by atoms with Crippen molar-refractivity contribution in [3.05, 3.63) is 41.4 Å². The van der Waals surface area contributed by atoms with E-state index in [1.165, 1.54) is 0 Å². The van der Waals surface area contributed by atoms with Gasteiger partial charge in [0.05, 0.1) is 26.4 Å². The SMILES string of the molecule is COc1cc(OC)cc(N2CCC(CN=C(N)Nc3ccc(OC)c(Cl)c3)C2)c1.I. The predicted molar refractivity (Wildman–Crippen MR) is 133 cm³/mol. The van der Waals surface area contributed by atoms with Crippen LogP contribution in [0.1, 0.15) is 6.42 Å². The third-order valence-corrected chi connectivity index (χ3v) is 5.23. The van der Waals surface area contributed by atoms with Gasteiger partial charge in [0.2, 0.25) is 0 Å². The first kappa shape index (κ1) is 24.2. The van der Waals surface area contributed by atoms with E-state index in [1.54, 1.807) is 33.5 Å². The Kier molecular flexibility index (Phi) is 9.16. The Morgan fingerprint density at radius 1 is 1.13 bits per heavy atom. The molecule has 0 aliphatic carbocycles. The van der Waals surface area contributed by atoms with E-state index < -0.39 is 0 Å². The van der Waals surface area contributed by atoms with Gasteiger partial charge < -0.3 is 30.2 Å². The lowest BCUT2D eigenvalue weighted by Gasteiger charge is -2.20. The number of aliphatic imine (C=N–C) groups is 1. The van der Waals surface area contributed by atoms with E-state index in [4.69, 9.17) is 31.5 Å². The first-order valence-electron chi connectivity index (χ1n) is 9.41. The maximum absolute atomic E-state index is 6.14. The Morgan fingerprint density at radius 2 is 1.83 bits per heavy atom. The quantitative estimate of drug-likeness (QED) is 0.307. The Balaban J connectivity index is 0.00000320. The Hall–Kier alpha value is -2.07. The molecule has 1 heterocycles. The van der Waals surface area contributed by atoms with Crippen molar-refractivity contribution in [2.45, 2.75) is 6.42 Å². The third kappa shape index (κ3) is 6.21. The highest BCUT2D eigenvalue weighted by Gasteiger charge is 2.23. The van der Waals surface area contributed by atoms with Gasteiger partial charge in [-0.05, 0) is 30.5 Å². The first-order chi connectivity index (χ1) is 14.0. The molecule has 30 heavy (non-hydrogen) atoms. The van der Waals surface area contributed by atoms with Crippen LogP contribution in [0.4, 0.5) is 11.4 Å². The van der Waals surface area contributed by atoms with Crippen molar-refractivity contribution in [1.29, 1.82) is 0 Å². The Bertz CT molecular complexity index is 859. The van der Waals surface area contributed by atoms with E-state index in [9.17, 15) is 0 Å². The standard InChI is InChI=1S/C21H27ClN4O3.HI/c1-27-17-9-16(10-18(11-17)28-2)26-7-6-14(13-26)12-24-21(23)25-15-4-5-20(29-3)19(22)8-15;/h4-5,8-11,14H,6-7,12-13H2,1-3H3,(H3,23,24,25);1H. The minimum atomic E-state index is 0. The summed E-state index contributed by atoms with van der Waals surface area (Å²) in [6, 6.07) is 11.3. The fourth-order valence-electron chi connectivity index (χ4n) is 3.35. The van der Waals surface area contributed by atoms with Crippen molar-refractivity contribution in [3.8, 4) is 17.2 Å². The lowest BCUT2D eigenvalue weighted by atomic mass is 10.1. The smallest absolute Gasteiger partial charge is 0.193 e. The monoisotopic (exact) mass is 546 g/mol. The van der Waals surface area contributed by atoms with Crippen LogP contribution in [0.5, 0.6) is 17.2 Å². The molecule has 164 valence electrons. The number of methoxy groups -OCH3 is 3. The number of hydrogen-bond donors (Lipinski definition) is 2. The van der Waals surface area contributed by atoms with Gasteiger partial charge in [0.15, 0.2) is 5.96 Å². The highest BCUT2D eigenvalue weighted by molar-refractivity contribution is 14.0. The zero-order chi connectivity index (χ0) is 20.8. The van der Waals surface area contributed by atoms with Crippen LogP contribution in [0, 0.1) is 5.92 Å². The fourth-order valence-corrected chi connectivity index (χ4v) is 3.61. The number of halogens is 2. The van der Waals surface area contributed by atoms with Gasteiger partial charge in [-0.2, -0.15) is 0 Å². The summed E-state index contributed by atoms with van der Waals surface area (Å²) in [6.45, 7) is 2.51. The molecule has 2 aromatic carbocycles. The average Bonchev–Trinajstić information content (AvgIpc) is 3.21. The molecule has 0 aromatic heterocycles. The third-order valence-electron chi connectivity index (χ3n) is 4.93. The topological polar surface area (TPSA) is 81.3 Å². The molecule has 1 aliphatic rings. The van der Waals surface area contributed by atoms with Gasteiger partial charge in [0.25, 0.3) is 0 Å². The molecule has 1 unspecified atom stereocenters. The molecule has 0 bridgehead atoms. The van der Waals surface area contributed by atoms with Gasteiger partial charge in [-0.1, -0.05) is 11.6 Å². The molecule has 2 aromatic rings. The summed E-state index contributed by atoms with van der Waals surface area (Å²) >= 11 is 6.14. The van der Waals surface area contributed by atoms with Crippen LogP contribution < -0.4 is 30.2 Å². The molecule has 7 nitrogen and oxygen atoms in total. The van der Waals surface area contributed by atoms with Crippen molar-refractivity contribution in [3.63, 3.8) is 0 Å². The van der Waals surface area contributed by atoms with Crippen molar-refractivity contribution in [1.82, 2.24) is 0 Å². The number of benzene rings is 2. The Labute approximate surface area is 199 Å². The maximum atomic E-state index is 6.14. The molecule has 3 N–H and O–H groups in total.